The van der Waals surface area contributed by atoms with Gasteiger partial charge in [-0.3, -0.25) is 0 Å². The second-order valence-corrected chi connectivity index (χ2v) is 6.59. The fourth-order valence-corrected chi connectivity index (χ4v) is 2.40. The third-order valence-electron chi connectivity index (χ3n) is 2.55. The first-order chi connectivity index (χ1) is 9.44. The molecule has 0 radical (unpaired) electrons. The van der Waals surface area contributed by atoms with Crippen molar-refractivity contribution in [3.8, 4) is 5.88 Å². The van der Waals surface area contributed by atoms with Crippen molar-refractivity contribution < 1.29 is 4.74 Å². The van der Waals surface area contributed by atoms with Crippen molar-refractivity contribution in [2.75, 3.05) is 17.6 Å². The Hall–Kier alpha value is -1.75. The molecule has 108 valence electrons. The molecule has 0 aliphatic heterocycles. The van der Waals surface area contributed by atoms with E-state index in [1.165, 1.54) is 4.88 Å². The number of rotatable bonds is 5. The molecule has 0 aliphatic rings. The summed E-state index contributed by atoms with van der Waals surface area (Å²) >= 11 is 1.77. The van der Waals surface area contributed by atoms with Gasteiger partial charge < -0.3 is 15.8 Å². The third-order valence-corrected chi connectivity index (χ3v) is 3.49. The van der Waals surface area contributed by atoms with Gasteiger partial charge in [0, 0.05) is 11.4 Å². The number of pyridine rings is 1. The molecule has 2 aromatic heterocycles. The van der Waals surface area contributed by atoms with Crippen LogP contribution in [0, 0.1) is 0 Å². The molecule has 0 unspecified atom stereocenters. The summed E-state index contributed by atoms with van der Waals surface area (Å²) in [6, 6.07) is 7.90. The van der Waals surface area contributed by atoms with Gasteiger partial charge in [0.15, 0.2) is 0 Å². The number of nitrogens with two attached hydrogens (primary N) is 1. The van der Waals surface area contributed by atoms with Crippen molar-refractivity contribution in [3.05, 3.63) is 34.5 Å². The second-order valence-electron chi connectivity index (χ2n) is 5.56. The molecule has 0 saturated heterocycles. The van der Waals surface area contributed by atoms with Crippen LogP contribution in [0.4, 0.5) is 11.5 Å². The summed E-state index contributed by atoms with van der Waals surface area (Å²) in [6.45, 7) is 6.77. The highest BCUT2D eigenvalue weighted by Gasteiger charge is 2.15. The standard InChI is InChI=1S/C15H21N3OS/c1-15(2,3)19-14-12(16)6-7-13(18-14)17-9-8-11-5-4-10-20-11/h4-7,10H,8-9,16H2,1-3H3,(H,17,18). The van der Waals surface area contributed by atoms with E-state index in [0.717, 1.165) is 18.8 Å². The summed E-state index contributed by atoms with van der Waals surface area (Å²) in [5.41, 5.74) is 6.14. The third kappa shape index (κ3) is 4.42. The number of nitrogen functional groups attached to an aromatic ring is 1. The smallest absolute Gasteiger partial charge is 0.239 e. The summed E-state index contributed by atoms with van der Waals surface area (Å²) in [5, 5.41) is 5.39. The molecular weight excluding hydrogens is 270 g/mol. The van der Waals surface area contributed by atoms with Gasteiger partial charge in [0.1, 0.15) is 11.4 Å². The number of anilines is 2. The van der Waals surface area contributed by atoms with Gasteiger partial charge in [0.25, 0.3) is 0 Å². The van der Waals surface area contributed by atoms with E-state index < -0.39 is 0 Å². The SMILES string of the molecule is CC(C)(C)Oc1nc(NCCc2cccs2)ccc1N. The van der Waals surface area contributed by atoms with Gasteiger partial charge in [0.2, 0.25) is 5.88 Å². The lowest BCUT2D eigenvalue weighted by Crippen LogP contribution is -2.24. The molecule has 3 N–H and O–H groups in total. The quantitative estimate of drug-likeness (QED) is 0.884. The number of nitrogens with one attached hydrogen (secondary N) is 1. The number of ether oxygens (including phenoxy) is 1. The molecule has 4 nitrogen and oxygen atoms in total. The van der Waals surface area contributed by atoms with E-state index in [1.807, 2.05) is 32.9 Å². The van der Waals surface area contributed by atoms with E-state index in [4.69, 9.17) is 10.5 Å². The van der Waals surface area contributed by atoms with Crippen LogP contribution in [0.3, 0.4) is 0 Å². The fourth-order valence-electron chi connectivity index (χ4n) is 1.69. The highest BCUT2D eigenvalue weighted by Crippen LogP contribution is 2.24. The van der Waals surface area contributed by atoms with E-state index >= 15 is 0 Å². The Morgan fingerprint density at radius 2 is 2.10 bits per heavy atom. The zero-order valence-corrected chi connectivity index (χ0v) is 13.0. The maximum Gasteiger partial charge on any atom is 0.239 e. The first-order valence-electron chi connectivity index (χ1n) is 6.66. The molecule has 0 aliphatic carbocycles. The molecule has 0 fully saturated rings. The van der Waals surface area contributed by atoms with Gasteiger partial charge in [-0.1, -0.05) is 6.07 Å². The van der Waals surface area contributed by atoms with Crippen LogP contribution in [0.5, 0.6) is 5.88 Å². The molecule has 0 atom stereocenters. The number of thiophene rings is 1. The Labute approximate surface area is 124 Å². The molecular formula is C15H21N3OS. The van der Waals surface area contributed by atoms with Gasteiger partial charge in [-0.2, -0.15) is 4.98 Å². The summed E-state index contributed by atoms with van der Waals surface area (Å²) in [5.74, 6) is 1.27. The van der Waals surface area contributed by atoms with E-state index in [1.54, 1.807) is 11.3 Å². The van der Waals surface area contributed by atoms with Gasteiger partial charge in [-0.05, 0) is 50.8 Å². The van der Waals surface area contributed by atoms with Crippen LogP contribution in [0.1, 0.15) is 25.6 Å². The molecule has 0 aromatic carbocycles. The molecule has 2 aromatic rings. The average Bonchev–Trinajstić information content (AvgIpc) is 2.84. The van der Waals surface area contributed by atoms with Gasteiger partial charge >= 0.3 is 0 Å². The predicted molar refractivity (Wildman–Crippen MR) is 85.5 cm³/mol. The van der Waals surface area contributed by atoms with Crippen molar-refractivity contribution in [3.63, 3.8) is 0 Å². The first-order valence-corrected chi connectivity index (χ1v) is 7.54. The van der Waals surface area contributed by atoms with Crippen molar-refractivity contribution >= 4 is 22.8 Å². The molecule has 2 heterocycles. The van der Waals surface area contributed by atoms with Crippen molar-refractivity contribution in [2.45, 2.75) is 32.8 Å². The largest absolute Gasteiger partial charge is 0.470 e. The molecule has 2 rings (SSSR count). The van der Waals surface area contributed by atoms with Crippen molar-refractivity contribution in [1.29, 1.82) is 0 Å². The minimum atomic E-state index is -0.309. The molecule has 0 saturated carbocycles. The van der Waals surface area contributed by atoms with E-state index in [0.29, 0.717) is 11.6 Å². The lowest BCUT2D eigenvalue weighted by molar-refractivity contribution is 0.125. The Bertz CT molecular complexity index is 547. The molecule has 0 amide bonds. The van der Waals surface area contributed by atoms with Crippen LogP contribution in [-0.2, 0) is 6.42 Å². The van der Waals surface area contributed by atoms with Crippen LogP contribution >= 0.6 is 11.3 Å². The lowest BCUT2D eigenvalue weighted by atomic mass is 10.2. The molecule has 5 heteroatoms. The summed E-state index contributed by atoms with van der Waals surface area (Å²) in [4.78, 5) is 5.78. The monoisotopic (exact) mass is 291 g/mol. The van der Waals surface area contributed by atoms with Crippen LogP contribution in [0.25, 0.3) is 0 Å². The van der Waals surface area contributed by atoms with Crippen molar-refractivity contribution in [1.82, 2.24) is 4.98 Å². The normalized spacial score (nSPS) is 11.3. The highest BCUT2D eigenvalue weighted by molar-refractivity contribution is 7.09. The maximum absolute atomic E-state index is 5.89. The zero-order valence-electron chi connectivity index (χ0n) is 12.1. The van der Waals surface area contributed by atoms with Gasteiger partial charge in [-0.25, -0.2) is 0 Å². The fraction of sp³-hybridized carbons (Fsp3) is 0.400. The molecule has 0 bridgehead atoms. The Kier molecular flexibility index (Phi) is 4.49. The molecule has 20 heavy (non-hydrogen) atoms. The minimum absolute atomic E-state index is 0.309. The van der Waals surface area contributed by atoms with Crippen LogP contribution in [0.15, 0.2) is 29.6 Å². The van der Waals surface area contributed by atoms with Crippen LogP contribution < -0.4 is 15.8 Å². The Morgan fingerprint density at radius 1 is 1.30 bits per heavy atom. The summed E-state index contributed by atoms with van der Waals surface area (Å²) < 4.78 is 5.75. The van der Waals surface area contributed by atoms with Crippen LogP contribution in [-0.4, -0.2) is 17.1 Å². The Morgan fingerprint density at radius 3 is 2.75 bits per heavy atom. The van der Waals surface area contributed by atoms with E-state index in [2.05, 4.69) is 27.8 Å². The number of hydrogen-bond donors (Lipinski definition) is 2. The Balaban J connectivity index is 1.96. The predicted octanol–water partition coefficient (Wildman–Crippen LogP) is 3.56. The number of nitrogens with zero attached hydrogens (tertiary/aromatic N) is 1. The summed E-state index contributed by atoms with van der Waals surface area (Å²) in [7, 11) is 0. The molecule has 0 spiro atoms. The van der Waals surface area contributed by atoms with E-state index in [9.17, 15) is 0 Å². The summed E-state index contributed by atoms with van der Waals surface area (Å²) in [6.07, 6.45) is 0.985. The highest BCUT2D eigenvalue weighted by atomic mass is 32.1. The second kappa shape index (κ2) is 6.13. The number of hydrogen-bond acceptors (Lipinski definition) is 5. The zero-order chi connectivity index (χ0) is 14.6. The minimum Gasteiger partial charge on any atom is -0.470 e. The van der Waals surface area contributed by atoms with Gasteiger partial charge in [-0.15, -0.1) is 11.3 Å². The first kappa shape index (κ1) is 14.7. The average molecular weight is 291 g/mol. The van der Waals surface area contributed by atoms with Gasteiger partial charge in [0.05, 0.1) is 5.69 Å². The maximum atomic E-state index is 5.89. The lowest BCUT2D eigenvalue weighted by Gasteiger charge is -2.21. The van der Waals surface area contributed by atoms with E-state index in [-0.39, 0.29) is 5.60 Å². The topological polar surface area (TPSA) is 60.2 Å². The number of aromatic nitrogens is 1. The van der Waals surface area contributed by atoms with Crippen molar-refractivity contribution in [2.24, 2.45) is 0 Å². The van der Waals surface area contributed by atoms with Crippen LogP contribution in [0.2, 0.25) is 0 Å².